The fourth-order valence-electron chi connectivity index (χ4n) is 1.08. The van der Waals surface area contributed by atoms with Crippen LogP contribution in [0.2, 0.25) is 0 Å². The summed E-state index contributed by atoms with van der Waals surface area (Å²) < 4.78 is 1.71. The van der Waals surface area contributed by atoms with Gasteiger partial charge in [-0.1, -0.05) is 12.2 Å². The van der Waals surface area contributed by atoms with E-state index in [-0.39, 0.29) is 11.6 Å². The van der Waals surface area contributed by atoms with Crippen molar-refractivity contribution in [2.24, 2.45) is 5.73 Å². The molecule has 3 N–H and O–H groups in total. The average molecular weight is 214 g/mol. The van der Waals surface area contributed by atoms with E-state index >= 15 is 0 Å². The number of thiocarbonyl (C=S) groups is 1. The molecular weight excluding hydrogens is 200 g/mol. The molecule has 0 unspecified atom stereocenters. The van der Waals surface area contributed by atoms with E-state index in [1.165, 1.54) is 0 Å². The van der Waals surface area contributed by atoms with Crippen LogP contribution in [-0.4, -0.2) is 31.5 Å². The average Bonchev–Trinajstić information content (AvgIpc) is 2.61. The molecule has 0 saturated heterocycles. The Morgan fingerprint density at radius 1 is 1.50 bits per heavy atom. The minimum atomic E-state index is 0.221. The van der Waals surface area contributed by atoms with E-state index in [9.17, 15) is 0 Å². The van der Waals surface area contributed by atoms with Crippen LogP contribution in [0.1, 0.15) is 25.1 Å². The minimum Gasteiger partial charge on any atom is -0.396 e. The maximum atomic E-state index is 8.57. The molecule has 0 bridgehead atoms. The van der Waals surface area contributed by atoms with Gasteiger partial charge < -0.3 is 10.8 Å². The van der Waals surface area contributed by atoms with Gasteiger partial charge in [0.05, 0.1) is 0 Å². The summed E-state index contributed by atoms with van der Waals surface area (Å²) >= 11 is 4.74. The third-order valence-electron chi connectivity index (χ3n) is 1.80. The van der Waals surface area contributed by atoms with E-state index in [0.29, 0.717) is 5.82 Å². The number of aromatic nitrogens is 3. The minimum absolute atomic E-state index is 0.221. The third kappa shape index (κ3) is 3.39. The molecule has 1 heterocycles. The van der Waals surface area contributed by atoms with Gasteiger partial charge in [-0.2, -0.15) is 0 Å². The Kier molecular flexibility index (Phi) is 4.48. The molecule has 0 fully saturated rings. The molecule has 0 aliphatic carbocycles. The van der Waals surface area contributed by atoms with Gasteiger partial charge in [0.25, 0.3) is 0 Å². The van der Waals surface area contributed by atoms with Crippen LogP contribution in [0.3, 0.4) is 0 Å². The highest BCUT2D eigenvalue weighted by molar-refractivity contribution is 7.80. The standard InChI is InChI=1S/C8H14N4OS/c9-7(14)8-10-6-12(11-8)4-2-1-3-5-13/h6,13H,1-5H2,(H2,9,14). The SMILES string of the molecule is NC(=S)c1ncn(CCCCCO)n1. The number of nitrogens with two attached hydrogens (primary N) is 1. The zero-order valence-electron chi connectivity index (χ0n) is 7.89. The predicted molar refractivity (Wildman–Crippen MR) is 56.8 cm³/mol. The molecule has 0 radical (unpaired) electrons. The monoisotopic (exact) mass is 214 g/mol. The number of aryl methyl sites for hydroxylation is 1. The Morgan fingerprint density at radius 3 is 2.86 bits per heavy atom. The van der Waals surface area contributed by atoms with Crippen molar-refractivity contribution in [3.8, 4) is 0 Å². The zero-order chi connectivity index (χ0) is 10.4. The van der Waals surface area contributed by atoms with E-state index in [2.05, 4.69) is 10.1 Å². The number of nitrogens with zero attached hydrogens (tertiary/aromatic N) is 3. The molecule has 0 aliphatic heterocycles. The Bertz CT molecular complexity index is 299. The van der Waals surface area contributed by atoms with Crippen LogP contribution >= 0.6 is 12.2 Å². The summed E-state index contributed by atoms with van der Waals surface area (Å²) in [4.78, 5) is 4.17. The molecule has 1 rings (SSSR count). The maximum absolute atomic E-state index is 8.57. The summed E-state index contributed by atoms with van der Waals surface area (Å²) in [7, 11) is 0. The first kappa shape index (κ1) is 11.1. The predicted octanol–water partition coefficient (Wildman–Crippen LogP) is 0.0749. The van der Waals surface area contributed by atoms with Crippen molar-refractivity contribution in [3.05, 3.63) is 12.2 Å². The van der Waals surface area contributed by atoms with Crippen LogP contribution in [0.15, 0.2) is 6.33 Å². The molecule has 0 amide bonds. The fourth-order valence-corrected chi connectivity index (χ4v) is 1.17. The number of aliphatic hydroxyl groups is 1. The molecule has 78 valence electrons. The van der Waals surface area contributed by atoms with Gasteiger partial charge in [0, 0.05) is 13.2 Å². The number of aliphatic hydroxyl groups excluding tert-OH is 1. The summed E-state index contributed by atoms with van der Waals surface area (Å²) in [6.45, 7) is 1.03. The van der Waals surface area contributed by atoms with Crippen LogP contribution in [0.5, 0.6) is 0 Å². The Morgan fingerprint density at radius 2 is 2.29 bits per heavy atom. The van der Waals surface area contributed by atoms with Gasteiger partial charge in [0.2, 0.25) is 5.82 Å². The molecule has 0 aliphatic rings. The van der Waals surface area contributed by atoms with Crippen molar-refractivity contribution >= 4 is 17.2 Å². The number of hydrogen-bond donors (Lipinski definition) is 2. The van der Waals surface area contributed by atoms with Crippen molar-refractivity contribution in [2.45, 2.75) is 25.8 Å². The van der Waals surface area contributed by atoms with Crippen molar-refractivity contribution in [2.75, 3.05) is 6.61 Å². The largest absolute Gasteiger partial charge is 0.396 e. The molecule has 5 nitrogen and oxygen atoms in total. The van der Waals surface area contributed by atoms with Gasteiger partial charge in [-0.05, 0) is 19.3 Å². The highest BCUT2D eigenvalue weighted by atomic mass is 32.1. The Labute approximate surface area is 87.9 Å². The highest BCUT2D eigenvalue weighted by Gasteiger charge is 2.02. The normalized spacial score (nSPS) is 10.4. The molecule has 6 heteroatoms. The molecular formula is C8H14N4OS. The quantitative estimate of drug-likeness (QED) is 0.518. The van der Waals surface area contributed by atoms with E-state index in [1.54, 1.807) is 11.0 Å². The summed E-state index contributed by atoms with van der Waals surface area (Å²) in [5.74, 6) is 0.419. The van der Waals surface area contributed by atoms with Crippen molar-refractivity contribution in [1.82, 2.24) is 14.8 Å². The van der Waals surface area contributed by atoms with E-state index < -0.39 is 0 Å². The first-order valence-electron chi connectivity index (χ1n) is 4.54. The number of hydrogen-bond acceptors (Lipinski definition) is 4. The summed E-state index contributed by atoms with van der Waals surface area (Å²) in [5, 5.41) is 12.7. The van der Waals surface area contributed by atoms with Crippen LogP contribution in [0, 0.1) is 0 Å². The van der Waals surface area contributed by atoms with Crippen LogP contribution < -0.4 is 5.73 Å². The lowest BCUT2D eigenvalue weighted by atomic mass is 10.2. The number of unbranched alkanes of at least 4 members (excludes halogenated alkanes) is 2. The first-order valence-corrected chi connectivity index (χ1v) is 4.95. The second-order valence-corrected chi connectivity index (χ2v) is 3.42. The lowest BCUT2D eigenvalue weighted by molar-refractivity contribution is 0.281. The zero-order valence-corrected chi connectivity index (χ0v) is 8.70. The number of rotatable bonds is 6. The molecule has 0 aromatic carbocycles. The molecule has 0 spiro atoms. The maximum Gasteiger partial charge on any atom is 0.208 e. The van der Waals surface area contributed by atoms with Crippen LogP contribution in [0.25, 0.3) is 0 Å². The lowest BCUT2D eigenvalue weighted by Gasteiger charge is -1.98. The summed E-state index contributed by atoms with van der Waals surface area (Å²) in [6.07, 6.45) is 4.41. The summed E-state index contributed by atoms with van der Waals surface area (Å²) in [5.41, 5.74) is 5.36. The van der Waals surface area contributed by atoms with Crippen LogP contribution in [0.4, 0.5) is 0 Å². The fraction of sp³-hybridized carbons (Fsp3) is 0.625. The highest BCUT2D eigenvalue weighted by Crippen LogP contribution is 1.98. The molecule has 0 saturated carbocycles. The molecule has 0 atom stereocenters. The van der Waals surface area contributed by atoms with Gasteiger partial charge >= 0.3 is 0 Å². The van der Waals surface area contributed by atoms with E-state index in [0.717, 1.165) is 25.8 Å². The lowest BCUT2D eigenvalue weighted by Crippen LogP contribution is -2.12. The van der Waals surface area contributed by atoms with E-state index in [1.807, 2.05) is 0 Å². The Hall–Kier alpha value is -1.01. The molecule has 1 aromatic rings. The van der Waals surface area contributed by atoms with Gasteiger partial charge in [0.15, 0.2) is 0 Å². The third-order valence-corrected chi connectivity index (χ3v) is 1.98. The van der Waals surface area contributed by atoms with Gasteiger partial charge in [-0.3, -0.25) is 4.68 Å². The second-order valence-electron chi connectivity index (χ2n) is 2.98. The second kappa shape index (κ2) is 5.66. The van der Waals surface area contributed by atoms with Crippen molar-refractivity contribution < 1.29 is 5.11 Å². The Balaban J connectivity index is 2.33. The van der Waals surface area contributed by atoms with E-state index in [4.69, 9.17) is 23.1 Å². The molecule has 1 aromatic heterocycles. The van der Waals surface area contributed by atoms with Gasteiger partial charge in [0.1, 0.15) is 11.3 Å². The van der Waals surface area contributed by atoms with Crippen molar-refractivity contribution in [1.29, 1.82) is 0 Å². The summed E-state index contributed by atoms with van der Waals surface area (Å²) in [6, 6.07) is 0. The van der Waals surface area contributed by atoms with Gasteiger partial charge in [-0.25, -0.2) is 4.98 Å². The topological polar surface area (TPSA) is 77.0 Å². The van der Waals surface area contributed by atoms with Gasteiger partial charge in [-0.15, -0.1) is 5.10 Å². The smallest absolute Gasteiger partial charge is 0.208 e. The van der Waals surface area contributed by atoms with Crippen LogP contribution in [-0.2, 0) is 6.54 Å². The van der Waals surface area contributed by atoms with Crippen molar-refractivity contribution in [3.63, 3.8) is 0 Å². The molecule has 14 heavy (non-hydrogen) atoms. The first-order chi connectivity index (χ1) is 6.74.